The summed E-state index contributed by atoms with van der Waals surface area (Å²) in [6.07, 6.45) is 0.416. The Bertz CT molecular complexity index is 922. The Morgan fingerprint density at radius 2 is 2.08 bits per heavy atom. The molecule has 9 nitrogen and oxygen atoms in total. The van der Waals surface area contributed by atoms with Crippen molar-refractivity contribution in [3.05, 3.63) is 35.0 Å². The number of ether oxygens (including phenoxy) is 3. The van der Waals surface area contributed by atoms with Crippen molar-refractivity contribution in [3.63, 3.8) is 0 Å². The summed E-state index contributed by atoms with van der Waals surface area (Å²) in [6, 6.07) is 5.13. The number of carbonyl (C=O) groups excluding carboxylic acids is 1. The SMILES string of the molecule is CCOC(=O)c1c(S(=O)(=O)NCc2ccc3c(c2)OCO3)n[nH]c1CC. The van der Waals surface area contributed by atoms with Crippen LogP contribution in [0.3, 0.4) is 0 Å². The predicted octanol–water partition coefficient (Wildman–Crippen LogP) is 1.36. The van der Waals surface area contributed by atoms with Gasteiger partial charge >= 0.3 is 5.97 Å². The maximum atomic E-state index is 12.6. The number of hydrogen-bond acceptors (Lipinski definition) is 7. The number of H-pyrrole nitrogens is 1. The number of nitrogens with one attached hydrogen (secondary N) is 2. The van der Waals surface area contributed by atoms with Gasteiger partial charge in [-0.05, 0) is 31.0 Å². The molecule has 3 rings (SSSR count). The average molecular weight is 381 g/mol. The van der Waals surface area contributed by atoms with Crippen LogP contribution < -0.4 is 14.2 Å². The lowest BCUT2D eigenvalue weighted by atomic mass is 10.2. The zero-order valence-electron chi connectivity index (χ0n) is 14.4. The van der Waals surface area contributed by atoms with Crippen molar-refractivity contribution in [2.24, 2.45) is 0 Å². The van der Waals surface area contributed by atoms with Gasteiger partial charge in [0.2, 0.25) is 11.8 Å². The molecular weight excluding hydrogens is 362 g/mol. The van der Waals surface area contributed by atoms with E-state index in [1.165, 1.54) is 0 Å². The van der Waals surface area contributed by atoms with Crippen molar-refractivity contribution in [3.8, 4) is 11.5 Å². The third-order valence-electron chi connectivity index (χ3n) is 3.80. The van der Waals surface area contributed by atoms with Crippen LogP contribution in [-0.2, 0) is 27.7 Å². The summed E-state index contributed by atoms with van der Waals surface area (Å²) in [5, 5.41) is 6.04. The molecule has 0 bridgehead atoms. The zero-order chi connectivity index (χ0) is 18.7. The van der Waals surface area contributed by atoms with E-state index in [4.69, 9.17) is 14.2 Å². The van der Waals surface area contributed by atoms with E-state index in [2.05, 4.69) is 14.9 Å². The largest absolute Gasteiger partial charge is 0.462 e. The van der Waals surface area contributed by atoms with Crippen LogP contribution in [0.5, 0.6) is 11.5 Å². The molecule has 140 valence electrons. The molecule has 1 aromatic carbocycles. The molecule has 10 heteroatoms. The van der Waals surface area contributed by atoms with Gasteiger partial charge in [-0.2, -0.15) is 5.10 Å². The maximum absolute atomic E-state index is 12.6. The highest BCUT2D eigenvalue weighted by atomic mass is 32.2. The van der Waals surface area contributed by atoms with Crippen LogP contribution in [0.25, 0.3) is 0 Å². The molecule has 0 unspecified atom stereocenters. The number of rotatable bonds is 7. The smallest absolute Gasteiger partial charge is 0.343 e. The number of aryl methyl sites for hydroxylation is 1. The van der Waals surface area contributed by atoms with E-state index < -0.39 is 16.0 Å². The fraction of sp³-hybridized carbons (Fsp3) is 0.375. The van der Waals surface area contributed by atoms with E-state index in [0.29, 0.717) is 29.2 Å². The second-order valence-electron chi connectivity index (χ2n) is 5.47. The van der Waals surface area contributed by atoms with E-state index in [1.807, 2.05) is 0 Å². The number of benzene rings is 1. The second kappa shape index (κ2) is 7.34. The normalized spacial score (nSPS) is 13.0. The van der Waals surface area contributed by atoms with Gasteiger partial charge < -0.3 is 14.2 Å². The van der Waals surface area contributed by atoms with Crippen molar-refractivity contribution in [2.45, 2.75) is 31.8 Å². The molecule has 2 heterocycles. The minimum absolute atomic E-state index is 0.00948. The molecule has 0 atom stereocenters. The van der Waals surface area contributed by atoms with Crippen molar-refractivity contribution < 1.29 is 27.4 Å². The first kappa shape index (κ1) is 18.2. The van der Waals surface area contributed by atoms with Crippen molar-refractivity contribution >= 4 is 16.0 Å². The first-order valence-corrected chi connectivity index (χ1v) is 9.57. The monoisotopic (exact) mass is 381 g/mol. The van der Waals surface area contributed by atoms with E-state index in [0.717, 1.165) is 0 Å². The topological polar surface area (TPSA) is 120 Å². The Morgan fingerprint density at radius 3 is 2.81 bits per heavy atom. The predicted molar refractivity (Wildman–Crippen MR) is 90.5 cm³/mol. The minimum Gasteiger partial charge on any atom is -0.462 e. The molecule has 0 saturated heterocycles. The molecule has 1 aliphatic rings. The van der Waals surface area contributed by atoms with Crippen LogP contribution in [0.1, 0.15) is 35.5 Å². The average Bonchev–Trinajstić information content (AvgIpc) is 3.26. The van der Waals surface area contributed by atoms with E-state index >= 15 is 0 Å². The summed E-state index contributed by atoms with van der Waals surface area (Å²) >= 11 is 0. The highest BCUT2D eigenvalue weighted by molar-refractivity contribution is 7.89. The molecule has 0 saturated carbocycles. The fourth-order valence-corrected chi connectivity index (χ4v) is 3.66. The van der Waals surface area contributed by atoms with Gasteiger partial charge in [0.15, 0.2) is 11.5 Å². The van der Waals surface area contributed by atoms with Gasteiger partial charge in [-0.3, -0.25) is 5.10 Å². The number of esters is 1. The first-order valence-electron chi connectivity index (χ1n) is 8.08. The van der Waals surface area contributed by atoms with E-state index in [9.17, 15) is 13.2 Å². The highest BCUT2D eigenvalue weighted by Crippen LogP contribution is 2.32. The molecule has 0 aliphatic carbocycles. The van der Waals surface area contributed by atoms with E-state index in [-0.39, 0.29) is 30.5 Å². The van der Waals surface area contributed by atoms with E-state index in [1.54, 1.807) is 32.0 Å². The quantitative estimate of drug-likeness (QED) is 0.695. The number of nitrogens with zero attached hydrogens (tertiary/aromatic N) is 1. The highest BCUT2D eigenvalue weighted by Gasteiger charge is 2.29. The molecule has 0 fully saturated rings. The third kappa shape index (κ3) is 3.51. The van der Waals surface area contributed by atoms with Crippen molar-refractivity contribution in [2.75, 3.05) is 13.4 Å². The van der Waals surface area contributed by atoms with Crippen LogP contribution in [0.4, 0.5) is 0 Å². The standard InChI is InChI=1S/C16H19N3O6S/c1-3-11-14(16(20)23-4-2)15(19-18-11)26(21,22)17-8-10-5-6-12-13(7-10)25-9-24-12/h5-7,17H,3-4,8-9H2,1-2H3,(H,18,19). The van der Waals surface area contributed by atoms with Gasteiger partial charge in [-0.25, -0.2) is 17.9 Å². The van der Waals surface area contributed by atoms with Gasteiger partial charge in [0.1, 0.15) is 5.56 Å². The summed E-state index contributed by atoms with van der Waals surface area (Å²) in [4.78, 5) is 12.2. The van der Waals surface area contributed by atoms with Crippen LogP contribution in [0.15, 0.2) is 23.2 Å². The van der Waals surface area contributed by atoms with Gasteiger partial charge in [0, 0.05) is 6.54 Å². The van der Waals surface area contributed by atoms with Gasteiger partial charge in [-0.1, -0.05) is 13.0 Å². The van der Waals surface area contributed by atoms with Gasteiger partial charge in [-0.15, -0.1) is 0 Å². The number of fused-ring (bicyclic) bond motifs is 1. The Hall–Kier alpha value is -2.59. The van der Waals surface area contributed by atoms with Crippen LogP contribution >= 0.6 is 0 Å². The van der Waals surface area contributed by atoms with Crippen molar-refractivity contribution in [1.82, 2.24) is 14.9 Å². The van der Waals surface area contributed by atoms with Crippen LogP contribution in [0.2, 0.25) is 0 Å². The van der Waals surface area contributed by atoms with Crippen molar-refractivity contribution in [1.29, 1.82) is 0 Å². The number of aromatic nitrogens is 2. The number of carbonyl (C=O) groups is 1. The summed E-state index contributed by atoms with van der Waals surface area (Å²) in [5.41, 5.74) is 1.03. The molecule has 26 heavy (non-hydrogen) atoms. The Kier molecular flexibility index (Phi) is 5.14. The van der Waals surface area contributed by atoms with Gasteiger partial charge in [0.25, 0.3) is 10.0 Å². The first-order chi connectivity index (χ1) is 12.5. The molecule has 0 amide bonds. The third-order valence-corrected chi connectivity index (χ3v) is 5.13. The van der Waals surface area contributed by atoms with Crippen LogP contribution in [-0.4, -0.2) is 38.0 Å². The number of aromatic amines is 1. The zero-order valence-corrected chi connectivity index (χ0v) is 15.2. The summed E-state index contributed by atoms with van der Waals surface area (Å²) < 4.78 is 43.2. The molecule has 1 aromatic heterocycles. The Morgan fingerprint density at radius 1 is 1.31 bits per heavy atom. The summed E-state index contributed by atoms with van der Waals surface area (Å²) in [5.74, 6) is 0.449. The Balaban J connectivity index is 1.82. The molecular formula is C16H19N3O6S. The summed E-state index contributed by atoms with van der Waals surface area (Å²) in [7, 11) is -4.02. The Labute approximate surface area is 150 Å². The summed E-state index contributed by atoms with van der Waals surface area (Å²) in [6.45, 7) is 3.72. The molecule has 0 spiro atoms. The molecule has 1 aliphatic heterocycles. The second-order valence-corrected chi connectivity index (χ2v) is 7.15. The fourth-order valence-electron chi connectivity index (χ4n) is 2.52. The number of sulfonamides is 1. The molecule has 0 radical (unpaired) electrons. The number of hydrogen-bond donors (Lipinski definition) is 2. The lowest BCUT2D eigenvalue weighted by Gasteiger charge is -2.08. The minimum atomic E-state index is -4.02. The van der Waals surface area contributed by atoms with Gasteiger partial charge in [0.05, 0.1) is 12.3 Å². The lowest BCUT2D eigenvalue weighted by Crippen LogP contribution is -2.26. The van der Waals surface area contributed by atoms with Crippen LogP contribution in [0, 0.1) is 0 Å². The maximum Gasteiger partial charge on any atom is 0.343 e. The molecule has 2 N–H and O–H groups in total. The molecule has 2 aromatic rings. The lowest BCUT2D eigenvalue weighted by molar-refractivity contribution is 0.0520.